The van der Waals surface area contributed by atoms with Crippen molar-refractivity contribution < 1.29 is 17.9 Å². The number of halogens is 1. The molecular formula is C16H21IO4S2. The van der Waals surface area contributed by atoms with Crippen LogP contribution in [-0.4, -0.2) is 37.1 Å². The van der Waals surface area contributed by atoms with Gasteiger partial charge in [0.15, 0.2) is 5.79 Å². The number of benzene rings is 1. The molecule has 0 unspecified atom stereocenters. The fourth-order valence-corrected chi connectivity index (χ4v) is 5.52. The van der Waals surface area contributed by atoms with Gasteiger partial charge in [0.1, 0.15) is 10.3 Å². The van der Waals surface area contributed by atoms with Gasteiger partial charge in [-0.2, -0.15) is 0 Å². The fourth-order valence-electron chi connectivity index (χ4n) is 2.36. The molecule has 0 bridgehead atoms. The largest absolute Gasteiger partial charge is 0.343 e. The van der Waals surface area contributed by atoms with E-state index in [0.717, 1.165) is 9.99 Å². The number of hydrogen-bond acceptors (Lipinski definition) is 5. The maximum atomic E-state index is 12.8. The molecule has 0 amide bonds. The summed E-state index contributed by atoms with van der Waals surface area (Å²) in [5, 5.41) is 0. The average Bonchev–Trinajstić information content (AvgIpc) is 2.79. The van der Waals surface area contributed by atoms with E-state index >= 15 is 0 Å². The second kappa shape index (κ2) is 7.43. The summed E-state index contributed by atoms with van der Waals surface area (Å²) in [5.74, 6) is -0.700. The quantitative estimate of drug-likeness (QED) is 0.484. The van der Waals surface area contributed by atoms with Gasteiger partial charge in [0, 0.05) is 4.43 Å². The molecule has 0 N–H and O–H groups in total. The van der Waals surface area contributed by atoms with Crippen LogP contribution >= 0.6 is 34.4 Å². The van der Waals surface area contributed by atoms with E-state index in [0.29, 0.717) is 9.13 Å². The van der Waals surface area contributed by atoms with Crippen LogP contribution in [0.15, 0.2) is 39.5 Å². The van der Waals surface area contributed by atoms with Crippen LogP contribution < -0.4 is 0 Å². The molecule has 4 nitrogen and oxygen atoms in total. The fraction of sp³-hybridized carbons (Fsp3) is 0.500. The molecule has 0 spiro atoms. The lowest BCUT2D eigenvalue weighted by molar-refractivity contribution is -0.140. The van der Waals surface area contributed by atoms with Gasteiger partial charge in [-0.15, -0.1) is 11.8 Å². The Kier molecular flexibility index (Phi) is 6.21. The van der Waals surface area contributed by atoms with Crippen molar-refractivity contribution in [2.24, 2.45) is 0 Å². The highest BCUT2D eigenvalue weighted by atomic mass is 127. The molecule has 1 aromatic rings. The zero-order valence-corrected chi connectivity index (χ0v) is 17.4. The van der Waals surface area contributed by atoms with Gasteiger partial charge in [0.2, 0.25) is 9.84 Å². The number of hydrogen-bond donors (Lipinski definition) is 0. The summed E-state index contributed by atoms with van der Waals surface area (Å²) in [4.78, 5) is 0.299. The van der Waals surface area contributed by atoms with Crippen LogP contribution in [0.25, 0.3) is 0 Å². The van der Waals surface area contributed by atoms with E-state index in [1.165, 1.54) is 11.8 Å². The van der Waals surface area contributed by atoms with E-state index in [-0.39, 0.29) is 12.2 Å². The molecule has 128 valence electrons. The summed E-state index contributed by atoms with van der Waals surface area (Å²) in [5.41, 5.74) is 1.03. The Balaban J connectivity index is 2.36. The van der Waals surface area contributed by atoms with Gasteiger partial charge in [-0.25, -0.2) is 8.42 Å². The first-order chi connectivity index (χ1) is 10.7. The molecule has 1 saturated heterocycles. The molecule has 0 aliphatic carbocycles. The van der Waals surface area contributed by atoms with Crippen molar-refractivity contribution in [3.8, 4) is 0 Å². The van der Waals surface area contributed by atoms with E-state index in [2.05, 4.69) is 22.6 Å². The molecule has 23 heavy (non-hydrogen) atoms. The minimum Gasteiger partial charge on any atom is -0.343 e. The lowest BCUT2D eigenvalue weighted by Gasteiger charge is -2.16. The van der Waals surface area contributed by atoms with Crippen molar-refractivity contribution in [3.63, 3.8) is 0 Å². The molecule has 1 fully saturated rings. The van der Waals surface area contributed by atoms with Gasteiger partial charge in [-0.3, -0.25) is 0 Å². The maximum Gasteiger partial charge on any atom is 0.212 e. The van der Waals surface area contributed by atoms with Crippen molar-refractivity contribution in [2.75, 3.05) is 10.7 Å². The predicted molar refractivity (Wildman–Crippen MR) is 103 cm³/mol. The summed E-state index contributed by atoms with van der Waals surface area (Å²) < 4.78 is 38.4. The summed E-state index contributed by atoms with van der Waals surface area (Å²) in [6, 6.07) is 6.88. The molecular weight excluding hydrogens is 447 g/mol. The SMILES string of the molecule is CS/C(=C\[C@H]1OC(C)(C)O[C@H]1CI)S(=O)(=O)c1ccc(C)cc1. The van der Waals surface area contributed by atoms with E-state index in [1.54, 1.807) is 36.6 Å². The van der Waals surface area contributed by atoms with Crippen LogP contribution in [0.2, 0.25) is 0 Å². The van der Waals surface area contributed by atoms with Crippen LogP contribution in [0, 0.1) is 6.92 Å². The second-order valence-electron chi connectivity index (χ2n) is 5.80. The van der Waals surface area contributed by atoms with Crippen molar-refractivity contribution in [1.82, 2.24) is 0 Å². The minimum absolute atomic E-state index is 0.152. The Morgan fingerprint density at radius 2 is 1.91 bits per heavy atom. The monoisotopic (exact) mass is 468 g/mol. The second-order valence-corrected chi connectivity index (χ2v) is 9.70. The number of sulfone groups is 1. The van der Waals surface area contributed by atoms with Crippen LogP contribution in [-0.2, 0) is 19.3 Å². The first-order valence-electron chi connectivity index (χ1n) is 7.19. The third-order valence-electron chi connectivity index (χ3n) is 3.47. The van der Waals surface area contributed by atoms with E-state index in [9.17, 15) is 8.42 Å². The van der Waals surface area contributed by atoms with Crippen LogP contribution in [0.5, 0.6) is 0 Å². The van der Waals surface area contributed by atoms with Gasteiger partial charge in [0.05, 0.1) is 11.0 Å². The minimum atomic E-state index is -3.54. The van der Waals surface area contributed by atoms with Crippen molar-refractivity contribution in [3.05, 3.63) is 40.1 Å². The number of alkyl halides is 1. The Hall–Kier alpha value is -0.0900. The molecule has 1 aliphatic heterocycles. The van der Waals surface area contributed by atoms with Gasteiger partial charge in [-0.1, -0.05) is 40.3 Å². The number of thioether (sulfide) groups is 1. The van der Waals surface area contributed by atoms with Gasteiger partial charge in [-0.05, 0) is 45.2 Å². The molecule has 1 aliphatic rings. The molecule has 1 aromatic carbocycles. The predicted octanol–water partition coefficient (Wildman–Crippen LogP) is 3.93. The number of ether oxygens (including phenoxy) is 2. The topological polar surface area (TPSA) is 52.6 Å². The molecule has 0 saturated carbocycles. The number of rotatable bonds is 5. The first-order valence-corrected chi connectivity index (χ1v) is 11.4. The van der Waals surface area contributed by atoms with E-state index in [4.69, 9.17) is 9.47 Å². The molecule has 7 heteroatoms. The Bertz CT molecular complexity index is 681. The summed E-state index contributed by atoms with van der Waals surface area (Å²) in [6.45, 7) is 5.61. The zero-order chi connectivity index (χ0) is 17.3. The van der Waals surface area contributed by atoms with Crippen molar-refractivity contribution >= 4 is 44.2 Å². The third-order valence-corrected chi connectivity index (χ3v) is 7.59. The standard InChI is InChI=1S/C16H21IO4S2/c1-11-5-7-12(8-6-11)23(18,19)15(22-4)9-13-14(10-17)21-16(2,3)20-13/h5-9,13-14H,10H2,1-4H3/b15-9+/t13-,14+/m1/s1. The van der Waals surface area contributed by atoms with Crippen LogP contribution in [0.1, 0.15) is 19.4 Å². The maximum absolute atomic E-state index is 12.8. The highest BCUT2D eigenvalue weighted by Gasteiger charge is 2.40. The molecule has 0 aromatic heterocycles. The Morgan fingerprint density at radius 1 is 1.30 bits per heavy atom. The molecule has 0 radical (unpaired) electrons. The third kappa shape index (κ3) is 4.50. The lowest BCUT2D eigenvalue weighted by Crippen LogP contribution is -2.23. The molecule has 2 atom stereocenters. The molecule has 2 rings (SSSR count). The summed E-state index contributed by atoms with van der Waals surface area (Å²) in [7, 11) is -3.54. The highest BCUT2D eigenvalue weighted by molar-refractivity contribution is 14.1. The normalized spacial score (nSPS) is 24.8. The summed E-state index contributed by atoms with van der Waals surface area (Å²) in [6.07, 6.45) is 2.92. The zero-order valence-electron chi connectivity index (χ0n) is 13.6. The van der Waals surface area contributed by atoms with Crippen LogP contribution in [0.3, 0.4) is 0 Å². The lowest BCUT2D eigenvalue weighted by atomic mass is 10.2. The summed E-state index contributed by atoms with van der Waals surface area (Å²) >= 11 is 3.44. The van der Waals surface area contributed by atoms with E-state index in [1.807, 2.05) is 20.8 Å². The Morgan fingerprint density at radius 3 is 2.43 bits per heavy atom. The van der Waals surface area contributed by atoms with Crippen LogP contribution in [0.4, 0.5) is 0 Å². The van der Waals surface area contributed by atoms with Gasteiger partial charge < -0.3 is 9.47 Å². The van der Waals surface area contributed by atoms with Crippen molar-refractivity contribution in [2.45, 2.75) is 43.7 Å². The highest BCUT2D eigenvalue weighted by Crippen LogP contribution is 2.34. The van der Waals surface area contributed by atoms with E-state index < -0.39 is 15.6 Å². The first kappa shape index (κ1) is 19.2. The van der Waals surface area contributed by atoms with Crippen molar-refractivity contribution in [1.29, 1.82) is 0 Å². The number of aryl methyl sites for hydroxylation is 1. The Labute approximate surface area is 156 Å². The smallest absolute Gasteiger partial charge is 0.212 e. The molecule has 1 heterocycles. The van der Waals surface area contributed by atoms with Gasteiger partial charge >= 0.3 is 0 Å². The average molecular weight is 468 g/mol. The van der Waals surface area contributed by atoms with Gasteiger partial charge in [0.25, 0.3) is 0 Å².